The highest BCUT2D eigenvalue weighted by atomic mass is 35.5. The van der Waals surface area contributed by atoms with Gasteiger partial charge in [-0.15, -0.1) is 0 Å². The molecule has 0 aliphatic carbocycles. The maximum atomic E-state index is 12.7. The van der Waals surface area contributed by atoms with Gasteiger partial charge in [-0.1, -0.05) is 72.3 Å². The van der Waals surface area contributed by atoms with Gasteiger partial charge in [0.05, 0.1) is 30.0 Å². The van der Waals surface area contributed by atoms with Crippen molar-refractivity contribution in [1.29, 1.82) is 0 Å². The fourth-order valence-electron chi connectivity index (χ4n) is 4.37. The predicted molar refractivity (Wildman–Crippen MR) is 141 cm³/mol. The van der Waals surface area contributed by atoms with E-state index in [0.29, 0.717) is 18.2 Å². The first-order chi connectivity index (χ1) is 17.1. The number of aromatic nitrogens is 2. The topological polar surface area (TPSA) is 56.2 Å². The van der Waals surface area contributed by atoms with Gasteiger partial charge < -0.3 is 14.6 Å². The van der Waals surface area contributed by atoms with Crippen LogP contribution in [0.15, 0.2) is 91.0 Å². The van der Waals surface area contributed by atoms with E-state index in [9.17, 15) is 4.79 Å². The fraction of sp³-hybridized carbons (Fsp3) is 0.172. The van der Waals surface area contributed by atoms with Crippen LogP contribution in [-0.4, -0.2) is 22.1 Å². The number of benzene rings is 4. The molecule has 176 valence electrons. The van der Waals surface area contributed by atoms with Gasteiger partial charge in [-0.25, -0.2) is 4.98 Å². The number of para-hydroxylation sites is 2. The molecule has 0 saturated carbocycles. The Bertz CT molecular complexity index is 1470. The SMILES string of the molecule is CC(NC(=O)Cc1ccc(Cl)cc1)c1nc2ccccc2n1CCOc1cccc2ccccc12. The van der Waals surface area contributed by atoms with E-state index in [0.717, 1.165) is 38.9 Å². The molecular weight excluding hydrogens is 458 g/mol. The van der Waals surface area contributed by atoms with Crippen LogP contribution in [0.5, 0.6) is 5.75 Å². The van der Waals surface area contributed by atoms with Crippen molar-refractivity contribution in [2.24, 2.45) is 0 Å². The minimum Gasteiger partial charge on any atom is -0.491 e. The number of ether oxygens (including phenoxy) is 1. The van der Waals surface area contributed by atoms with Crippen molar-refractivity contribution in [2.75, 3.05) is 6.61 Å². The van der Waals surface area contributed by atoms with E-state index in [1.54, 1.807) is 12.1 Å². The quantitative estimate of drug-likeness (QED) is 0.280. The summed E-state index contributed by atoms with van der Waals surface area (Å²) in [6, 6.07) is 29.4. The van der Waals surface area contributed by atoms with E-state index >= 15 is 0 Å². The van der Waals surface area contributed by atoms with E-state index in [1.807, 2.05) is 67.6 Å². The highest BCUT2D eigenvalue weighted by Crippen LogP contribution is 2.26. The number of hydrogen-bond donors (Lipinski definition) is 1. The standard InChI is InChI=1S/C29H26ClN3O2/c1-20(31-28(34)19-21-13-15-23(30)16-14-21)29-32-25-10-4-5-11-26(25)33(29)17-18-35-27-12-6-8-22-7-2-3-9-24(22)27/h2-16,20H,17-19H2,1H3,(H,31,34). The largest absolute Gasteiger partial charge is 0.491 e. The van der Waals surface area contributed by atoms with Gasteiger partial charge in [0.2, 0.25) is 5.91 Å². The third-order valence-electron chi connectivity index (χ3n) is 6.05. The van der Waals surface area contributed by atoms with E-state index in [4.69, 9.17) is 21.3 Å². The number of nitrogens with one attached hydrogen (secondary N) is 1. The second-order valence-corrected chi connectivity index (χ2v) is 8.96. The number of halogens is 1. The molecule has 1 N–H and O–H groups in total. The van der Waals surface area contributed by atoms with Crippen molar-refractivity contribution in [1.82, 2.24) is 14.9 Å². The molecule has 1 atom stereocenters. The lowest BCUT2D eigenvalue weighted by Gasteiger charge is -2.17. The van der Waals surface area contributed by atoms with Crippen LogP contribution >= 0.6 is 11.6 Å². The van der Waals surface area contributed by atoms with Crippen LogP contribution < -0.4 is 10.1 Å². The molecular formula is C29H26ClN3O2. The van der Waals surface area contributed by atoms with Crippen molar-refractivity contribution >= 4 is 39.3 Å². The highest BCUT2D eigenvalue weighted by Gasteiger charge is 2.19. The van der Waals surface area contributed by atoms with E-state index in [2.05, 4.69) is 28.1 Å². The molecule has 6 heteroatoms. The second-order valence-electron chi connectivity index (χ2n) is 8.53. The summed E-state index contributed by atoms with van der Waals surface area (Å²) in [5.41, 5.74) is 2.82. The molecule has 1 unspecified atom stereocenters. The number of carbonyl (C=O) groups excluding carboxylic acids is 1. The maximum absolute atomic E-state index is 12.7. The lowest BCUT2D eigenvalue weighted by Crippen LogP contribution is -2.30. The molecule has 0 spiro atoms. The molecule has 0 saturated heterocycles. The maximum Gasteiger partial charge on any atom is 0.224 e. The van der Waals surface area contributed by atoms with Crippen molar-refractivity contribution in [3.63, 3.8) is 0 Å². The number of nitrogens with zero attached hydrogens (tertiary/aromatic N) is 2. The van der Waals surface area contributed by atoms with Crippen LogP contribution in [0.4, 0.5) is 0 Å². The summed E-state index contributed by atoms with van der Waals surface area (Å²) in [7, 11) is 0. The first-order valence-electron chi connectivity index (χ1n) is 11.7. The second kappa shape index (κ2) is 10.2. The first kappa shape index (κ1) is 22.9. The van der Waals surface area contributed by atoms with E-state index < -0.39 is 0 Å². The average molecular weight is 484 g/mol. The van der Waals surface area contributed by atoms with Crippen molar-refractivity contribution < 1.29 is 9.53 Å². The van der Waals surface area contributed by atoms with Gasteiger partial charge in [-0.05, 0) is 48.2 Å². The summed E-state index contributed by atoms with van der Waals surface area (Å²) >= 11 is 5.96. The number of hydrogen-bond acceptors (Lipinski definition) is 3. The Kier molecular flexibility index (Phi) is 6.68. The van der Waals surface area contributed by atoms with Gasteiger partial charge >= 0.3 is 0 Å². The van der Waals surface area contributed by atoms with Crippen molar-refractivity contribution in [3.05, 3.63) is 107 Å². The first-order valence-corrected chi connectivity index (χ1v) is 12.1. The Labute approximate surface area is 209 Å². The molecule has 0 aliphatic rings. The molecule has 1 amide bonds. The molecule has 1 aromatic heterocycles. The molecule has 0 radical (unpaired) electrons. The summed E-state index contributed by atoms with van der Waals surface area (Å²) in [6.07, 6.45) is 0.284. The van der Waals surface area contributed by atoms with Gasteiger partial charge in [0.15, 0.2) is 0 Å². The third-order valence-corrected chi connectivity index (χ3v) is 6.30. The molecule has 1 heterocycles. The van der Waals surface area contributed by atoms with Crippen LogP contribution in [0.25, 0.3) is 21.8 Å². The van der Waals surface area contributed by atoms with Crippen LogP contribution in [-0.2, 0) is 17.8 Å². The Morgan fingerprint density at radius 2 is 1.71 bits per heavy atom. The van der Waals surface area contributed by atoms with Crippen molar-refractivity contribution in [2.45, 2.75) is 25.9 Å². The average Bonchev–Trinajstić information content (AvgIpc) is 3.24. The molecule has 0 fully saturated rings. The number of rotatable bonds is 8. The van der Waals surface area contributed by atoms with E-state index in [-0.39, 0.29) is 18.4 Å². The van der Waals surface area contributed by atoms with Gasteiger partial charge in [0, 0.05) is 10.4 Å². The number of amides is 1. The minimum atomic E-state index is -0.264. The molecule has 4 aromatic carbocycles. The summed E-state index contributed by atoms with van der Waals surface area (Å²) in [4.78, 5) is 17.6. The normalized spacial score (nSPS) is 12.1. The Morgan fingerprint density at radius 3 is 2.57 bits per heavy atom. The third kappa shape index (κ3) is 5.15. The zero-order chi connectivity index (χ0) is 24.2. The van der Waals surface area contributed by atoms with Gasteiger partial charge in [0.1, 0.15) is 18.2 Å². The molecule has 5 nitrogen and oxygen atoms in total. The van der Waals surface area contributed by atoms with Gasteiger partial charge in [0.25, 0.3) is 0 Å². The summed E-state index contributed by atoms with van der Waals surface area (Å²) in [6.45, 7) is 3.05. The molecule has 0 bridgehead atoms. The summed E-state index contributed by atoms with van der Waals surface area (Å²) in [5.74, 6) is 1.60. The summed E-state index contributed by atoms with van der Waals surface area (Å²) in [5, 5.41) is 5.99. The summed E-state index contributed by atoms with van der Waals surface area (Å²) < 4.78 is 8.33. The van der Waals surface area contributed by atoms with Gasteiger partial charge in [-0.3, -0.25) is 4.79 Å². The number of carbonyl (C=O) groups is 1. The minimum absolute atomic E-state index is 0.0644. The number of imidazole rings is 1. The Morgan fingerprint density at radius 1 is 0.971 bits per heavy atom. The fourth-order valence-corrected chi connectivity index (χ4v) is 4.50. The smallest absolute Gasteiger partial charge is 0.224 e. The van der Waals surface area contributed by atoms with Gasteiger partial charge in [-0.2, -0.15) is 0 Å². The number of fused-ring (bicyclic) bond motifs is 2. The van der Waals surface area contributed by atoms with Crippen LogP contribution in [0, 0.1) is 0 Å². The molecule has 5 rings (SSSR count). The zero-order valence-corrected chi connectivity index (χ0v) is 20.2. The molecule has 5 aromatic rings. The van der Waals surface area contributed by atoms with Crippen molar-refractivity contribution in [3.8, 4) is 5.75 Å². The zero-order valence-electron chi connectivity index (χ0n) is 19.4. The lowest BCUT2D eigenvalue weighted by molar-refractivity contribution is -0.121. The van der Waals surface area contributed by atoms with E-state index in [1.165, 1.54) is 0 Å². The highest BCUT2D eigenvalue weighted by molar-refractivity contribution is 6.30. The monoisotopic (exact) mass is 483 g/mol. The molecule has 0 aliphatic heterocycles. The molecule has 35 heavy (non-hydrogen) atoms. The van der Waals surface area contributed by atoms with Crippen LogP contribution in [0.2, 0.25) is 5.02 Å². The van der Waals surface area contributed by atoms with Crippen LogP contribution in [0.1, 0.15) is 24.4 Å². The predicted octanol–water partition coefficient (Wildman–Crippen LogP) is 6.34. The Hall–Kier alpha value is -3.83. The van der Waals surface area contributed by atoms with Crippen LogP contribution in [0.3, 0.4) is 0 Å². The lowest BCUT2D eigenvalue weighted by atomic mass is 10.1. The Balaban J connectivity index is 1.33.